The van der Waals surface area contributed by atoms with Gasteiger partial charge in [-0.2, -0.15) is 0 Å². The van der Waals surface area contributed by atoms with E-state index in [9.17, 15) is 9.90 Å². The van der Waals surface area contributed by atoms with Crippen LogP contribution >= 0.6 is 11.6 Å². The lowest BCUT2D eigenvalue weighted by Gasteiger charge is -2.35. The molecule has 25 heavy (non-hydrogen) atoms. The maximum Gasteiger partial charge on any atom is 0.246 e. The Bertz CT molecular complexity index is 728. The van der Waals surface area contributed by atoms with Crippen LogP contribution in [0.2, 0.25) is 5.02 Å². The zero-order valence-corrected chi connectivity index (χ0v) is 15.0. The molecule has 132 valence electrons. The van der Waals surface area contributed by atoms with E-state index in [2.05, 4.69) is 10.2 Å². The van der Waals surface area contributed by atoms with E-state index in [1.165, 1.54) is 0 Å². The highest BCUT2D eigenvalue weighted by atomic mass is 35.5. The number of anilines is 1. The fourth-order valence-corrected chi connectivity index (χ4v) is 3.37. The molecule has 0 spiro atoms. The average molecular weight is 359 g/mol. The molecule has 0 aromatic heterocycles. The van der Waals surface area contributed by atoms with Gasteiger partial charge in [0.15, 0.2) is 0 Å². The highest BCUT2D eigenvalue weighted by Gasteiger charge is 2.30. The van der Waals surface area contributed by atoms with Crippen molar-refractivity contribution < 1.29 is 9.90 Å². The number of amides is 1. The molecule has 1 amide bonds. The molecule has 5 heteroatoms. The van der Waals surface area contributed by atoms with Gasteiger partial charge in [-0.15, -0.1) is 0 Å². The van der Waals surface area contributed by atoms with Gasteiger partial charge in [-0.3, -0.25) is 9.69 Å². The topological polar surface area (TPSA) is 52.6 Å². The third-order valence-corrected chi connectivity index (χ3v) is 5.07. The Balaban J connectivity index is 1.83. The number of nitrogens with zero attached hydrogens (tertiary/aromatic N) is 1. The number of piperidine rings is 1. The van der Waals surface area contributed by atoms with Crippen LogP contribution in [0.5, 0.6) is 0 Å². The van der Waals surface area contributed by atoms with Crippen molar-refractivity contribution >= 4 is 23.2 Å². The van der Waals surface area contributed by atoms with Crippen molar-refractivity contribution in [3.63, 3.8) is 0 Å². The number of nitrogens with one attached hydrogen (secondary N) is 1. The monoisotopic (exact) mass is 358 g/mol. The molecule has 4 nitrogen and oxygen atoms in total. The molecular weight excluding hydrogens is 336 g/mol. The summed E-state index contributed by atoms with van der Waals surface area (Å²) in [6, 6.07) is 14.9. The van der Waals surface area contributed by atoms with Crippen LogP contribution in [0.15, 0.2) is 48.5 Å². The molecule has 0 bridgehead atoms. The van der Waals surface area contributed by atoms with Crippen molar-refractivity contribution in [3.05, 3.63) is 64.7 Å². The second-order valence-corrected chi connectivity index (χ2v) is 6.94. The van der Waals surface area contributed by atoms with E-state index >= 15 is 0 Å². The van der Waals surface area contributed by atoms with Crippen molar-refractivity contribution in [1.82, 2.24) is 4.90 Å². The lowest BCUT2D eigenvalue weighted by molar-refractivity contribution is -0.122. The Morgan fingerprint density at radius 2 is 1.88 bits per heavy atom. The van der Waals surface area contributed by atoms with Crippen LogP contribution in [0.1, 0.15) is 30.0 Å². The molecule has 0 aliphatic carbocycles. The Morgan fingerprint density at radius 1 is 1.20 bits per heavy atom. The number of hydrogen-bond acceptors (Lipinski definition) is 3. The second kappa shape index (κ2) is 8.00. The number of aliphatic hydroxyl groups is 1. The van der Waals surface area contributed by atoms with E-state index < -0.39 is 0 Å². The van der Waals surface area contributed by atoms with Crippen LogP contribution in [0.25, 0.3) is 0 Å². The van der Waals surface area contributed by atoms with Gasteiger partial charge in [0.25, 0.3) is 0 Å². The van der Waals surface area contributed by atoms with Gasteiger partial charge in [-0.25, -0.2) is 0 Å². The Labute approximate surface area is 153 Å². The van der Waals surface area contributed by atoms with Gasteiger partial charge >= 0.3 is 0 Å². The summed E-state index contributed by atoms with van der Waals surface area (Å²) < 4.78 is 0. The number of rotatable bonds is 4. The van der Waals surface area contributed by atoms with Gasteiger partial charge in [0.05, 0.1) is 6.10 Å². The number of carbonyl (C=O) groups is 1. The standard InChI is InChI=1S/C20H23ClN2O2/c1-14-7-8-16(13-18(14)21)22-20(25)19(15-5-3-2-4-6-15)23-11-9-17(24)10-12-23/h2-8,13,17,19,24H,9-12H2,1H3,(H,22,25)/t19-/m0/s1. The fourth-order valence-electron chi connectivity index (χ4n) is 3.19. The summed E-state index contributed by atoms with van der Waals surface area (Å²) in [5.74, 6) is -0.0810. The summed E-state index contributed by atoms with van der Waals surface area (Å²) in [4.78, 5) is 15.2. The van der Waals surface area contributed by atoms with Gasteiger partial charge in [0.1, 0.15) is 6.04 Å². The minimum absolute atomic E-state index is 0.0810. The number of aliphatic hydroxyl groups excluding tert-OH is 1. The first kappa shape index (κ1) is 17.9. The van der Waals surface area contributed by atoms with E-state index in [-0.39, 0.29) is 18.1 Å². The first-order chi connectivity index (χ1) is 12.0. The maximum atomic E-state index is 13.0. The van der Waals surface area contributed by atoms with Crippen LogP contribution < -0.4 is 5.32 Å². The number of halogens is 1. The number of likely N-dealkylation sites (tertiary alicyclic amines) is 1. The molecular formula is C20H23ClN2O2. The molecule has 1 saturated heterocycles. The predicted octanol–water partition coefficient (Wildman–Crippen LogP) is 3.78. The molecule has 1 aliphatic rings. The van der Waals surface area contributed by atoms with Gasteiger partial charge in [-0.05, 0) is 43.0 Å². The third kappa shape index (κ3) is 4.40. The van der Waals surface area contributed by atoms with Crippen molar-refractivity contribution in [3.8, 4) is 0 Å². The minimum atomic E-state index is -0.381. The zero-order chi connectivity index (χ0) is 17.8. The summed E-state index contributed by atoms with van der Waals surface area (Å²) in [6.07, 6.45) is 1.10. The molecule has 1 aliphatic heterocycles. The van der Waals surface area contributed by atoms with Gasteiger partial charge in [-0.1, -0.05) is 48.0 Å². The summed E-state index contributed by atoms with van der Waals surface area (Å²) in [5.41, 5.74) is 2.62. The highest BCUT2D eigenvalue weighted by molar-refractivity contribution is 6.31. The molecule has 1 atom stereocenters. The number of benzene rings is 2. The Kier molecular flexibility index (Phi) is 5.74. The van der Waals surface area contributed by atoms with Gasteiger partial charge in [0, 0.05) is 23.8 Å². The van der Waals surface area contributed by atoms with Gasteiger partial charge < -0.3 is 10.4 Å². The highest BCUT2D eigenvalue weighted by Crippen LogP contribution is 2.27. The maximum absolute atomic E-state index is 13.0. The lowest BCUT2D eigenvalue weighted by Crippen LogP contribution is -2.43. The molecule has 2 aromatic rings. The van der Waals surface area contributed by atoms with E-state index in [0.29, 0.717) is 36.6 Å². The summed E-state index contributed by atoms with van der Waals surface area (Å²) >= 11 is 6.17. The predicted molar refractivity (Wildman–Crippen MR) is 101 cm³/mol. The molecule has 0 saturated carbocycles. The van der Waals surface area contributed by atoms with Gasteiger partial charge in [0.2, 0.25) is 5.91 Å². The molecule has 2 aromatic carbocycles. The SMILES string of the molecule is Cc1ccc(NC(=O)[C@H](c2ccccc2)N2CCC(O)CC2)cc1Cl. The van der Waals surface area contributed by atoms with E-state index in [1.54, 1.807) is 6.07 Å². The van der Waals surface area contributed by atoms with Crippen LogP contribution in [-0.2, 0) is 4.79 Å². The Hall–Kier alpha value is -1.88. The second-order valence-electron chi connectivity index (χ2n) is 6.53. The largest absolute Gasteiger partial charge is 0.393 e. The van der Waals surface area contributed by atoms with Crippen LogP contribution in [0, 0.1) is 6.92 Å². The quantitative estimate of drug-likeness (QED) is 0.874. The fraction of sp³-hybridized carbons (Fsp3) is 0.350. The smallest absolute Gasteiger partial charge is 0.246 e. The molecule has 0 unspecified atom stereocenters. The zero-order valence-electron chi connectivity index (χ0n) is 14.3. The third-order valence-electron chi connectivity index (χ3n) is 4.67. The van der Waals surface area contributed by atoms with Crippen molar-refractivity contribution in [2.45, 2.75) is 31.9 Å². The van der Waals surface area contributed by atoms with Crippen molar-refractivity contribution in [1.29, 1.82) is 0 Å². The van der Waals surface area contributed by atoms with E-state index in [4.69, 9.17) is 11.6 Å². The molecule has 2 N–H and O–H groups in total. The molecule has 1 fully saturated rings. The first-order valence-electron chi connectivity index (χ1n) is 8.58. The summed E-state index contributed by atoms with van der Waals surface area (Å²) in [5, 5.41) is 13.4. The molecule has 0 radical (unpaired) electrons. The average Bonchev–Trinajstić information content (AvgIpc) is 2.61. The lowest BCUT2D eigenvalue weighted by atomic mass is 9.99. The van der Waals surface area contributed by atoms with E-state index in [0.717, 1.165) is 11.1 Å². The summed E-state index contributed by atoms with van der Waals surface area (Å²) in [6.45, 7) is 3.32. The first-order valence-corrected chi connectivity index (χ1v) is 8.96. The Morgan fingerprint density at radius 3 is 2.52 bits per heavy atom. The van der Waals surface area contributed by atoms with Crippen LogP contribution in [-0.4, -0.2) is 35.1 Å². The summed E-state index contributed by atoms with van der Waals surface area (Å²) in [7, 11) is 0. The molecule has 1 heterocycles. The normalized spacial score (nSPS) is 17.2. The van der Waals surface area contributed by atoms with Crippen molar-refractivity contribution in [2.75, 3.05) is 18.4 Å². The number of carbonyl (C=O) groups excluding carboxylic acids is 1. The van der Waals surface area contributed by atoms with Crippen LogP contribution in [0.4, 0.5) is 5.69 Å². The molecule has 3 rings (SSSR count). The van der Waals surface area contributed by atoms with E-state index in [1.807, 2.05) is 49.4 Å². The van der Waals surface area contributed by atoms with Crippen molar-refractivity contribution in [2.24, 2.45) is 0 Å². The minimum Gasteiger partial charge on any atom is -0.393 e. The number of hydrogen-bond donors (Lipinski definition) is 2. The number of aryl methyl sites for hydroxylation is 1. The van der Waals surface area contributed by atoms with Crippen LogP contribution in [0.3, 0.4) is 0 Å².